The second-order valence-corrected chi connectivity index (χ2v) is 11.0. The van der Waals surface area contributed by atoms with Gasteiger partial charge in [0.25, 0.3) is 0 Å². The number of aliphatic hydroxyl groups is 1. The number of carbonyl (C=O) groups excluding carboxylic acids is 1. The predicted octanol–water partition coefficient (Wildman–Crippen LogP) is 7.30. The van der Waals surface area contributed by atoms with Gasteiger partial charge in [0, 0.05) is 5.41 Å². The first-order valence-electron chi connectivity index (χ1n) is 13.8. The SMILES string of the molecule is CCCCCCCCCCCCCC=C1CC[C@](CC)(CC(=O)O)[C@@H](O)[C@@H]1SCC(=O)OCC. The fourth-order valence-electron chi connectivity index (χ4n) is 5.09. The highest BCUT2D eigenvalue weighted by atomic mass is 32.2. The number of hydrogen-bond acceptors (Lipinski definition) is 5. The van der Waals surface area contributed by atoms with Gasteiger partial charge in [-0.3, -0.25) is 9.59 Å². The zero-order chi connectivity index (χ0) is 25.2. The first kappa shape index (κ1) is 31.0. The second-order valence-electron chi connectivity index (χ2n) is 9.87. The van der Waals surface area contributed by atoms with E-state index in [2.05, 4.69) is 13.0 Å². The van der Waals surface area contributed by atoms with Crippen LogP contribution in [0.2, 0.25) is 0 Å². The van der Waals surface area contributed by atoms with E-state index < -0.39 is 17.5 Å². The van der Waals surface area contributed by atoms with Crippen LogP contribution in [-0.4, -0.2) is 45.9 Å². The highest BCUT2D eigenvalue weighted by Gasteiger charge is 2.47. The Morgan fingerprint density at radius 3 is 2.12 bits per heavy atom. The molecule has 0 spiro atoms. The van der Waals surface area contributed by atoms with Crippen molar-refractivity contribution in [2.24, 2.45) is 5.41 Å². The number of allylic oxidation sites excluding steroid dienone is 1. The number of hydrogen-bond donors (Lipinski definition) is 2. The molecule has 0 saturated heterocycles. The van der Waals surface area contributed by atoms with Crippen LogP contribution in [-0.2, 0) is 14.3 Å². The van der Waals surface area contributed by atoms with Gasteiger partial charge in [-0.15, -0.1) is 11.8 Å². The first-order chi connectivity index (χ1) is 16.4. The average molecular weight is 499 g/mol. The summed E-state index contributed by atoms with van der Waals surface area (Å²) >= 11 is 1.40. The van der Waals surface area contributed by atoms with E-state index in [1.54, 1.807) is 6.92 Å². The summed E-state index contributed by atoms with van der Waals surface area (Å²) in [7, 11) is 0. The summed E-state index contributed by atoms with van der Waals surface area (Å²) in [6, 6.07) is 0. The fourth-order valence-corrected chi connectivity index (χ4v) is 6.38. The van der Waals surface area contributed by atoms with Gasteiger partial charge in [0.15, 0.2) is 0 Å². The number of carbonyl (C=O) groups is 2. The van der Waals surface area contributed by atoms with Gasteiger partial charge in [0.05, 0.1) is 30.1 Å². The molecule has 1 fully saturated rings. The van der Waals surface area contributed by atoms with E-state index in [0.29, 0.717) is 19.4 Å². The molecule has 3 atom stereocenters. The van der Waals surface area contributed by atoms with E-state index in [1.165, 1.54) is 81.5 Å². The van der Waals surface area contributed by atoms with Gasteiger partial charge < -0.3 is 14.9 Å². The van der Waals surface area contributed by atoms with Crippen LogP contribution >= 0.6 is 11.8 Å². The lowest BCUT2D eigenvalue weighted by molar-refractivity contribution is -0.143. The molecule has 0 bridgehead atoms. The third-order valence-electron chi connectivity index (χ3n) is 7.30. The number of rotatable bonds is 19. The third-order valence-corrected chi connectivity index (χ3v) is 8.62. The molecule has 0 aromatic heterocycles. The molecule has 0 radical (unpaired) electrons. The standard InChI is InChI=1S/C28H50O5S/c1-4-7-8-9-10-11-12-13-14-15-16-17-18-23-19-20-28(5-2,21-24(29)30)27(32)26(23)34-22-25(31)33-6-3/h18,26-27,32H,4-17,19-22H2,1-3H3,(H,29,30)/t26-,27+,28-/m1/s1. The van der Waals surface area contributed by atoms with Crippen LogP contribution in [0.4, 0.5) is 0 Å². The first-order valence-corrected chi connectivity index (χ1v) is 14.8. The second kappa shape index (κ2) is 18.3. The van der Waals surface area contributed by atoms with Crippen molar-refractivity contribution in [2.75, 3.05) is 12.4 Å². The molecule has 1 aliphatic rings. The number of aliphatic hydroxyl groups excluding tert-OH is 1. The van der Waals surface area contributed by atoms with Gasteiger partial charge in [-0.1, -0.05) is 89.7 Å². The predicted molar refractivity (Wildman–Crippen MR) is 142 cm³/mol. The fraction of sp³-hybridized carbons (Fsp3) is 0.857. The maximum absolute atomic E-state index is 11.9. The van der Waals surface area contributed by atoms with Gasteiger partial charge >= 0.3 is 11.9 Å². The quantitative estimate of drug-likeness (QED) is 0.110. The third kappa shape index (κ3) is 11.6. The van der Waals surface area contributed by atoms with Crippen LogP contribution in [0.15, 0.2) is 11.6 Å². The van der Waals surface area contributed by atoms with Crippen LogP contribution in [0.1, 0.15) is 124 Å². The Bertz CT molecular complexity index is 606. The van der Waals surface area contributed by atoms with Crippen molar-refractivity contribution in [1.82, 2.24) is 0 Å². The average Bonchev–Trinajstić information content (AvgIpc) is 2.81. The van der Waals surface area contributed by atoms with Gasteiger partial charge in [-0.25, -0.2) is 0 Å². The molecule has 0 unspecified atom stereocenters. The molecule has 2 N–H and O–H groups in total. The Morgan fingerprint density at radius 1 is 1.00 bits per heavy atom. The molecule has 198 valence electrons. The zero-order valence-electron chi connectivity index (χ0n) is 22.0. The Balaban J connectivity index is 2.53. The topological polar surface area (TPSA) is 83.8 Å². The van der Waals surface area contributed by atoms with Gasteiger partial charge in [-0.05, 0) is 39.0 Å². The van der Waals surface area contributed by atoms with Crippen molar-refractivity contribution in [2.45, 2.75) is 135 Å². The number of thioether (sulfide) groups is 1. The van der Waals surface area contributed by atoms with E-state index in [0.717, 1.165) is 19.3 Å². The van der Waals surface area contributed by atoms with Crippen LogP contribution in [0.5, 0.6) is 0 Å². The van der Waals surface area contributed by atoms with E-state index in [9.17, 15) is 19.8 Å². The van der Waals surface area contributed by atoms with Gasteiger partial charge in [0.2, 0.25) is 0 Å². The zero-order valence-corrected chi connectivity index (χ0v) is 22.8. The van der Waals surface area contributed by atoms with Crippen LogP contribution in [0.3, 0.4) is 0 Å². The monoisotopic (exact) mass is 498 g/mol. The largest absolute Gasteiger partial charge is 0.481 e. The number of esters is 1. The molecule has 1 rings (SSSR count). The lowest BCUT2D eigenvalue weighted by atomic mass is 9.66. The minimum atomic E-state index is -0.872. The van der Waals surface area contributed by atoms with E-state index in [4.69, 9.17) is 4.74 Å². The van der Waals surface area contributed by atoms with Crippen LogP contribution in [0, 0.1) is 5.41 Å². The summed E-state index contributed by atoms with van der Waals surface area (Å²) in [6.45, 7) is 6.34. The van der Waals surface area contributed by atoms with Crippen molar-refractivity contribution in [1.29, 1.82) is 0 Å². The van der Waals surface area contributed by atoms with Crippen molar-refractivity contribution in [3.63, 3.8) is 0 Å². The molecule has 1 aliphatic carbocycles. The molecule has 0 aromatic rings. The molecular weight excluding hydrogens is 448 g/mol. The Hall–Kier alpha value is -1.01. The Kier molecular flexibility index (Phi) is 16.7. The summed E-state index contributed by atoms with van der Waals surface area (Å²) < 4.78 is 5.07. The lowest BCUT2D eigenvalue weighted by Crippen LogP contribution is -2.47. The minimum absolute atomic E-state index is 0.0347. The van der Waals surface area contributed by atoms with Gasteiger partial charge in [-0.2, -0.15) is 0 Å². The smallest absolute Gasteiger partial charge is 0.315 e. The molecule has 1 saturated carbocycles. The molecule has 0 aromatic carbocycles. The number of aliphatic carboxylic acids is 1. The number of carboxylic acids is 1. The minimum Gasteiger partial charge on any atom is -0.481 e. The summed E-state index contributed by atoms with van der Waals surface area (Å²) in [5.74, 6) is -0.975. The number of ether oxygens (including phenoxy) is 1. The van der Waals surface area contributed by atoms with Crippen molar-refractivity contribution >= 4 is 23.7 Å². The van der Waals surface area contributed by atoms with Crippen LogP contribution in [0.25, 0.3) is 0 Å². The van der Waals surface area contributed by atoms with Crippen molar-refractivity contribution in [3.05, 3.63) is 11.6 Å². The van der Waals surface area contributed by atoms with E-state index >= 15 is 0 Å². The molecule has 0 heterocycles. The Labute approximate surface area is 212 Å². The molecule has 6 heteroatoms. The summed E-state index contributed by atoms with van der Waals surface area (Å²) in [5, 5.41) is 20.4. The highest BCUT2D eigenvalue weighted by molar-refractivity contribution is 8.00. The Morgan fingerprint density at radius 2 is 1.59 bits per heavy atom. The van der Waals surface area contributed by atoms with E-state index in [1.807, 2.05) is 6.92 Å². The summed E-state index contributed by atoms with van der Waals surface area (Å²) in [5.41, 5.74) is 0.537. The molecule has 5 nitrogen and oxygen atoms in total. The number of carboxylic acid groups (broad SMARTS) is 1. The highest BCUT2D eigenvalue weighted by Crippen LogP contribution is 2.48. The van der Waals surface area contributed by atoms with Crippen LogP contribution < -0.4 is 0 Å². The molecule has 0 amide bonds. The number of unbranched alkanes of at least 4 members (excludes halogenated alkanes) is 11. The van der Waals surface area contributed by atoms with Crippen molar-refractivity contribution in [3.8, 4) is 0 Å². The van der Waals surface area contributed by atoms with E-state index in [-0.39, 0.29) is 23.4 Å². The molecular formula is C28H50O5S. The summed E-state index contributed by atoms with van der Waals surface area (Å²) in [4.78, 5) is 23.4. The normalized spacial score (nSPS) is 23.8. The maximum Gasteiger partial charge on any atom is 0.315 e. The summed E-state index contributed by atoms with van der Waals surface area (Å²) in [6.07, 6.45) is 19.0. The molecule has 34 heavy (non-hydrogen) atoms. The van der Waals surface area contributed by atoms with Crippen molar-refractivity contribution < 1.29 is 24.5 Å². The lowest BCUT2D eigenvalue weighted by Gasteiger charge is -2.45. The van der Waals surface area contributed by atoms with Gasteiger partial charge in [0.1, 0.15) is 0 Å². The molecule has 0 aliphatic heterocycles. The maximum atomic E-state index is 11.9.